The Morgan fingerprint density at radius 3 is 2.31 bits per heavy atom. The second-order valence-corrected chi connectivity index (χ2v) is 10.4. The van der Waals surface area contributed by atoms with Crippen LogP contribution >= 0.6 is 0 Å². The first kappa shape index (κ1) is 27.6. The van der Waals surface area contributed by atoms with Gasteiger partial charge in [0, 0.05) is 8.47 Å². The number of halogens is 3. The highest BCUT2D eigenvalue weighted by molar-refractivity contribution is 7.90. The lowest BCUT2D eigenvalue weighted by atomic mass is 10.1. The molecule has 0 spiro atoms. The van der Waals surface area contributed by atoms with Crippen LogP contribution in [0.15, 0.2) is 53.6 Å². The summed E-state index contributed by atoms with van der Waals surface area (Å²) in [5.74, 6) is -1.15. The first-order valence-electron chi connectivity index (χ1n) is 11.3. The van der Waals surface area contributed by atoms with E-state index in [4.69, 9.17) is 10.5 Å². The molecule has 0 atom stereocenters. The zero-order valence-electron chi connectivity index (χ0n) is 21.2. The number of hydrogen-bond acceptors (Lipinski definition) is 8. The van der Waals surface area contributed by atoms with Crippen LogP contribution < -0.4 is 15.2 Å². The number of alkyl halides is 3. The van der Waals surface area contributed by atoms with E-state index in [0.717, 1.165) is 22.4 Å². The third kappa shape index (κ3) is 5.85. The fourth-order valence-electron chi connectivity index (χ4n) is 3.91. The molecule has 1 aromatic carbocycles. The number of aryl methyl sites for hydroxylation is 4. The summed E-state index contributed by atoms with van der Waals surface area (Å²) in [6, 6.07) is 10.8. The van der Waals surface area contributed by atoms with E-state index in [9.17, 15) is 26.4 Å². The third-order valence-corrected chi connectivity index (χ3v) is 6.82. The standard InChI is InChI=1S/C25H23F3N6O4S.H2/c1-13-10-14(2)22(15(3)11-13)38-24-16(23(35)33-39(36,37)21-7-5-6-20(29)31-21)8-9-17(30-24)18-12-19(25(26,27)28)32-34(18)4;/h5-12H,1-4H3,(H2,29,31)(H,33,35);1H. The molecular weight excluding hydrogens is 537 g/mol. The van der Waals surface area contributed by atoms with E-state index in [1.54, 1.807) is 13.8 Å². The Morgan fingerprint density at radius 1 is 1.05 bits per heavy atom. The molecule has 3 heterocycles. The normalized spacial score (nSPS) is 11.9. The Morgan fingerprint density at radius 2 is 1.72 bits per heavy atom. The number of benzene rings is 1. The lowest BCUT2D eigenvalue weighted by molar-refractivity contribution is -0.141. The highest BCUT2D eigenvalue weighted by Gasteiger charge is 2.35. The minimum absolute atomic E-state index is 0. The quantitative estimate of drug-likeness (QED) is 0.348. The molecule has 10 nitrogen and oxygen atoms in total. The van der Waals surface area contributed by atoms with E-state index < -0.39 is 32.8 Å². The Bertz CT molecular complexity index is 1680. The molecule has 0 radical (unpaired) electrons. The number of nitrogens with two attached hydrogens (primary N) is 1. The molecule has 14 heteroatoms. The largest absolute Gasteiger partial charge is 0.438 e. The van der Waals surface area contributed by atoms with Crippen LogP contribution in [-0.4, -0.2) is 34.1 Å². The van der Waals surface area contributed by atoms with Gasteiger partial charge >= 0.3 is 6.18 Å². The predicted octanol–water partition coefficient (Wildman–Crippen LogP) is 4.56. The summed E-state index contributed by atoms with van der Waals surface area (Å²) in [5.41, 5.74) is 6.49. The molecule has 1 amide bonds. The number of hydrogen-bond donors (Lipinski definition) is 2. The Kier molecular flexibility index (Phi) is 7.08. The minimum atomic E-state index is -4.69. The first-order valence-corrected chi connectivity index (χ1v) is 12.8. The molecule has 0 fully saturated rings. The van der Waals surface area contributed by atoms with Crippen molar-refractivity contribution in [1.82, 2.24) is 24.5 Å². The van der Waals surface area contributed by atoms with Gasteiger partial charge in [0.25, 0.3) is 15.9 Å². The van der Waals surface area contributed by atoms with Gasteiger partial charge in [-0.15, -0.1) is 0 Å². The summed E-state index contributed by atoms with van der Waals surface area (Å²) in [6.45, 7) is 5.43. The van der Waals surface area contributed by atoms with E-state index >= 15 is 0 Å². The molecule has 39 heavy (non-hydrogen) atoms. The number of pyridine rings is 2. The van der Waals surface area contributed by atoms with Gasteiger partial charge < -0.3 is 10.5 Å². The number of nitrogens with one attached hydrogen (secondary N) is 1. The van der Waals surface area contributed by atoms with Crippen molar-refractivity contribution < 1.29 is 32.5 Å². The third-order valence-electron chi connectivity index (χ3n) is 5.59. The second-order valence-electron chi connectivity index (χ2n) is 8.75. The number of rotatable bonds is 6. The van der Waals surface area contributed by atoms with Crippen LogP contribution in [0.2, 0.25) is 0 Å². The van der Waals surface area contributed by atoms with Crippen LogP contribution in [0.5, 0.6) is 11.6 Å². The minimum Gasteiger partial charge on any atom is -0.438 e. The molecule has 4 aromatic rings. The number of aromatic nitrogens is 4. The van der Waals surface area contributed by atoms with E-state index in [-0.39, 0.29) is 30.1 Å². The average Bonchev–Trinajstić information content (AvgIpc) is 3.23. The first-order chi connectivity index (χ1) is 18.2. The second kappa shape index (κ2) is 10.0. The maximum Gasteiger partial charge on any atom is 0.435 e. The molecule has 0 unspecified atom stereocenters. The Labute approximate surface area is 223 Å². The number of nitrogens with zero attached hydrogens (tertiary/aromatic N) is 4. The zero-order chi connectivity index (χ0) is 28.7. The van der Waals surface area contributed by atoms with E-state index in [2.05, 4.69) is 15.1 Å². The molecule has 0 aliphatic heterocycles. The van der Waals surface area contributed by atoms with Crippen molar-refractivity contribution in [2.24, 2.45) is 7.05 Å². The number of carbonyl (C=O) groups excluding carboxylic acids is 1. The lowest BCUT2D eigenvalue weighted by Gasteiger charge is -2.16. The van der Waals surface area contributed by atoms with Gasteiger partial charge in [-0.1, -0.05) is 23.8 Å². The maximum absolute atomic E-state index is 13.2. The molecule has 3 aromatic heterocycles. The van der Waals surface area contributed by atoms with E-state index in [1.807, 2.05) is 23.8 Å². The lowest BCUT2D eigenvalue weighted by Crippen LogP contribution is -2.31. The fourth-order valence-corrected chi connectivity index (χ4v) is 4.86. The van der Waals surface area contributed by atoms with Gasteiger partial charge in [-0.05, 0) is 62.2 Å². The van der Waals surface area contributed by atoms with Crippen molar-refractivity contribution in [1.29, 1.82) is 0 Å². The van der Waals surface area contributed by atoms with Gasteiger partial charge in [0.2, 0.25) is 5.88 Å². The molecule has 0 aliphatic carbocycles. The van der Waals surface area contributed by atoms with Crippen molar-refractivity contribution in [3.63, 3.8) is 0 Å². The van der Waals surface area contributed by atoms with Crippen molar-refractivity contribution in [3.8, 4) is 23.0 Å². The monoisotopic (exact) mass is 562 g/mol. The highest BCUT2D eigenvalue weighted by Crippen LogP contribution is 2.34. The average molecular weight is 563 g/mol. The molecule has 4 rings (SSSR count). The Hall–Kier alpha value is -4.46. The topological polar surface area (TPSA) is 142 Å². The van der Waals surface area contributed by atoms with Crippen molar-refractivity contribution in [2.75, 3.05) is 5.73 Å². The number of nitrogen functional groups attached to an aromatic ring is 1. The number of amides is 1. The summed E-state index contributed by atoms with van der Waals surface area (Å²) in [7, 11) is -3.12. The van der Waals surface area contributed by atoms with Crippen LogP contribution in [0, 0.1) is 20.8 Å². The molecule has 3 N–H and O–H groups in total. The molecule has 0 bridgehead atoms. The number of sulfonamides is 1. The van der Waals surface area contributed by atoms with Gasteiger partial charge in [-0.3, -0.25) is 9.48 Å². The summed E-state index contributed by atoms with van der Waals surface area (Å²) in [5, 5.41) is 3.01. The van der Waals surface area contributed by atoms with Crippen LogP contribution in [0.3, 0.4) is 0 Å². The number of anilines is 1. The van der Waals surface area contributed by atoms with Crippen LogP contribution in [0.25, 0.3) is 11.4 Å². The fraction of sp³-hybridized carbons (Fsp3) is 0.200. The van der Waals surface area contributed by atoms with Gasteiger partial charge in [0.15, 0.2) is 10.7 Å². The van der Waals surface area contributed by atoms with Gasteiger partial charge in [0.05, 0.1) is 11.4 Å². The number of carbonyl (C=O) groups is 1. The summed E-state index contributed by atoms with van der Waals surface area (Å²) in [6.07, 6.45) is -4.69. The SMILES string of the molecule is Cc1cc(C)c(Oc2nc(-c3cc(C(F)(F)F)nn3C)ccc2C(=O)NS(=O)(=O)c2cccc(N)n2)c(C)c1.[HH]. The van der Waals surface area contributed by atoms with Crippen molar-refractivity contribution >= 4 is 21.7 Å². The van der Waals surface area contributed by atoms with Crippen LogP contribution in [-0.2, 0) is 23.2 Å². The predicted molar refractivity (Wildman–Crippen MR) is 138 cm³/mol. The van der Waals surface area contributed by atoms with E-state index in [1.165, 1.54) is 31.3 Å². The molecule has 0 saturated carbocycles. The van der Waals surface area contributed by atoms with Crippen LogP contribution in [0.1, 0.15) is 34.2 Å². The van der Waals surface area contributed by atoms with Gasteiger partial charge in [-0.25, -0.2) is 14.7 Å². The molecule has 0 saturated heterocycles. The summed E-state index contributed by atoms with van der Waals surface area (Å²) >= 11 is 0. The smallest absolute Gasteiger partial charge is 0.435 e. The Balaban J connectivity index is 0.00000441. The van der Waals surface area contributed by atoms with Gasteiger partial charge in [-0.2, -0.15) is 26.7 Å². The summed E-state index contributed by atoms with van der Waals surface area (Å²) < 4.78 is 74.2. The van der Waals surface area contributed by atoms with Crippen LogP contribution in [0.4, 0.5) is 19.0 Å². The van der Waals surface area contributed by atoms with Crippen molar-refractivity contribution in [2.45, 2.75) is 32.0 Å². The molecule has 0 aliphatic rings. The maximum atomic E-state index is 13.2. The van der Waals surface area contributed by atoms with Crippen molar-refractivity contribution in [3.05, 3.63) is 76.5 Å². The summed E-state index contributed by atoms with van der Waals surface area (Å²) in [4.78, 5) is 21.2. The highest BCUT2D eigenvalue weighted by atomic mass is 32.2. The van der Waals surface area contributed by atoms with Gasteiger partial charge in [0.1, 0.15) is 17.1 Å². The van der Waals surface area contributed by atoms with E-state index in [0.29, 0.717) is 16.9 Å². The zero-order valence-corrected chi connectivity index (χ0v) is 22.0. The molecule has 206 valence electrons. The molecular formula is C25H25F3N6O4S. The number of ether oxygens (including phenoxy) is 1.